The van der Waals surface area contributed by atoms with Crippen molar-refractivity contribution in [3.63, 3.8) is 0 Å². The molecule has 1 aromatic rings. The Morgan fingerprint density at radius 3 is 2.48 bits per heavy atom. The molecule has 0 radical (unpaired) electrons. The van der Waals surface area contributed by atoms with Gasteiger partial charge in [-0.3, -0.25) is 9.59 Å². The molecular weight excluding hydrogens is 266 g/mol. The summed E-state index contributed by atoms with van der Waals surface area (Å²) in [5, 5.41) is 2.82. The zero-order chi connectivity index (χ0) is 16.2. The molecule has 5 nitrogen and oxygen atoms in total. The summed E-state index contributed by atoms with van der Waals surface area (Å²) in [4.78, 5) is 25.0. The predicted molar refractivity (Wildman–Crippen MR) is 84.7 cm³/mol. The summed E-state index contributed by atoms with van der Waals surface area (Å²) >= 11 is 0. The summed E-state index contributed by atoms with van der Waals surface area (Å²) < 4.78 is 0. The Morgan fingerprint density at radius 1 is 1.33 bits per heavy atom. The van der Waals surface area contributed by atoms with Gasteiger partial charge < -0.3 is 16.0 Å². The van der Waals surface area contributed by atoms with Gasteiger partial charge in [0.2, 0.25) is 11.8 Å². The van der Waals surface area contributed by atoms with Crippen molar-refractivity contribution in [3.05, 3.63) is 29.8 Å². The van der Waals surface area contributed by atoms with Crippen LogP contribution < -0.4 is 11.1 Å². The number of amides is 2. The maximum atomic E-state index is 12.1. The SMILES string of the molecule is CC(=O)N(C)Cc1cccc(NC(=O)C(N)C(C)(C)C)c1. The molecule has 0 saturated carbocycles. The lowest BCUT2D eigenvalue weighted by Crippen LogP contribution is -2.45. The first-order valence-electron chi connectivity index (χ1n) is 6.98. The highest BCUT2D eigenvalue weighted by Gasteiger charge is 2.27. The van der Waals surface area contributed by atoms with E-state index in [1.165, 1.54) is 6.92 Å². The summed E-state index contributed by atoms with van der Waals surface area (Å²) in [5.41, 5.74) is 7.28. The summed E-state index contributed by atoms with van der Waals surface area (Å²) in [6.07, 6.45) is 0. The topological polar surface area (TPSA) is 75.4 Å². The standard InChI is InChI=1S/C16H25N3O2/c1-11(20)19(5)10-12-7-6-8-13(9-12)18-15(21)14(17)16(2,3)4/h6-9,14H,10,17H2,1-5H3,(H,18,21). The van der Waals surface area contributed by atoms with Crippen molar-refractivity contribution in [3.8, 4) is 0 Å². The lowest BCUT2D eigenvalue weighted by atomic mass is 9.87. The van der Waals surface area contributed by atoms with Crippen LogP contribution in [0.3, 0.4) is 0 Å². The van der Waals surface area contributed by atoms with E-state index in [4.69, 9.17) is 5.73 Å². The zero-order valence-electron chi connectivity index (χ0n) is 13.4. The summed E-state index contributed by atoms with van der Waals surface area (Å²) in [6, 6.07) is 6.85. The van der Waals surface area contributed by atoms with E-state index in [0.29, 0.717) is 12.2 Å². The summed E-state index contributed by atoms with van der Waals surface area (Å²) in [6.45, 7) is 7.80. The van der Waals surface area contributed by atoms with E-state index in [-0.39, 0.29) is 17.2 Å². The number of nitrogens with two attached hydrogens (primary N) is 1. The molecule has 0 aliphatic heterocycles. The molecule has 0 saturated heterocycles. The van der Waals surface area contributed by atoms with Crippen molar-refractivity contribution in [2.24, 2.45) is 11.1 Å². The number of benzene rings is 1. The fraction of sp³-hybridized carbons (Fsp3) is 0.500. The highest BCUT2D eigenvalue weighted by atomic mass is 16.2. The predicted octanol–water partition coefficient (Wildman–Crippen LogP) is 1.98. The molecule has 0 aromatic heterocycles. The number of anilines is 1. The molecule has 116 valence electrons. The quantitative estimate of drug-likeness (QED) is 0.890. The van der Waals surface area contributed by atoms with Gasteiger partial charge in [-0.1, -0.05) is 32.9 Å². The van der Waals surface area contributed by atoms with Gasteiger partial charge >= 0.3 is 0 Å². The van der Waals surface area contributed by atoms with Crippen molar-refractivity contribution < 1.29 is 9.59 Å². The number of carbonyl (C=O) groups excluding carboxylic acids is 2. The molecule has 0 aliphatic carbocycles. The Morgan fingerprint density at radius 2 is 1.95 bits per heavy atom. The van der Waals surface area contributed by atoms with Crippen LogP contribution in [0.1, 0.15) is 33.3 Å². The molecular formula is C16H25N3O2. The van der Waals surface area contributed by atoms with E-state index in [0.717, 1.165) is 5.56 Å². The van der Waals surface area contributed by atoms with E-state index in [1.54, 1.807) is 11.9 Å². The molecule has 0 bridgehead atoms. The van der Waals surface area contributed by atoms with E-state index < -0.39 is 6.04 Å². The first-order valence-corrected chi connectivity index (χ1v) is 6.98. The van der Waals surface area contributed by atoms with Gasteiger partial charge in [0.05, 0.1) is 6.04 Å². The van der Waals surface area contributed by atoms with Crippen LogP contribution in [-0.4, -0.2) is 29.8 Å². The molecule has 1 atom stereocenters. The first kappa shape index (κ1) is 17.2. The lowest BCUT2D eigenvalue weighted by Gasteiger charge is -2.26. The van der Waals surface area contributed by atoms with Crippen LogP contribution in [0, 0.1) is 5.41 Å². The van der Waals surface area contributed by atoms with Gasteiger partial charge in [0.15, 0.2) is 0 Å². The van der Waals surface area contributed by atoms with Crippen LogP contribution in [0.15, 0.2) is 24.3 Å². The van der Waals surface area contributed by atoms with Gasteiger partial charge in [-0.2, -0.15) is 0 Å². The molecule has 21 heavy (non-hydrogen) atoms. The van der Waals surface area contributed by atoms with E-state index in [2.05, 4.69) is 5.32 Å². The average molecular weight is 291 g/mol. The van der Waals surface area contributed by atoms with Gasteiger partial charge in [-0.05, 0) is 23.1 Å². The summed E-state index contributed by atoms with van der Waals surface area (Å²) in [7, 11) is 1.74. The molecule has 0 spiro atoms. The number of rotatable bonds is 4. The minimum Gasteiger partial charge on any atom is -0.342 e. The molecule has 5 heteroatoms. The molecule has 1 rings (SSSR count). The van der Waals surface area contributed by atoms with Crippen molar-refractivity contribution in [2.45, 2.75) is 40.3 Å². The van der Waals surface area contributed by atoms with Crippen LogP contribution in [0.2, 0.25) is 0 Å². The van der Waals surface area contributed by atoms with E-state index in [1.807, 2.05) is 45.0 Å². The van der Waals surface area contributed by atoms with Gasteiger partial charge in [-0.25, -0.2) is 0 Å². The molecule has 0 heterocycles. The largest absolute Gasteiger partial charge is 0.342 e. The van der Waals surface area contributed by atoms with Gasteiger partial charge in [0.25, 0.3) is 0 Å². The molecule has 3 N–H and O–H groups in total. The fourth-order valence-corrected chi connectivity index (χ4v) is 1.75. The molecule has 0 fully saturated rings. The smallest absolute Gasteiger partial charge is 0.241 e. The maximum absolute atomic E-state index is 12.1. The number of carbonyl (C=O) groups is 2. The molecule has 1 unspecified atom stereocenters. The third kappa shape index (κ3) is 5.19. The summed E-state index contributed by atoms with van der Waals surface area (Å²) in [5.74, 6) is -0.209. The second kappa shape index (κ2) is 6.72. The zero-order valence-corrected chi connectivity index (χ0v) is 13.4. The number of nitrogens with zero attached hydrogens (tertiary/aromatic N) is 1. The molecule has 2 amide bonds. The van der Waals surface area contributed by atoms with Crippen LogP contribution in [0.4, 0.5) is 5.69 Å². The van der Waals surface area contributed by atoms with Crippen LogP contribution >= 0.6 is 0 Å². The number of hydrogen-bond donors (Lipinski definition) is 2. The number of nitrogens with one attached hydrogen (secondary N) is 1. The highest BCUT2D eigenvalue weighted by Crippen LogP contribution is 2.19. The van der Waals surface area contributed by atoms with Crippen molar-refractivity contribution in [1.29, 1.82) is 0 Å². The minimum atomic E-state index is -0.582. The number of hydrogen-bond acceptors (Lipinski definition) is 3. The van der Waals surface area contributed by atoms with Crippen LogP contribution in [-0.2, 0) is 16.1 Å². The normalized spacial score (nSPS) is 12.7. The maximum Gasteiger partial charge on any atom is 0.241 e. The third-order valence-electron chi connectivity index (χ3n) is 3.37. The second-order valence-corrected chi connectivity index (χ2v) is 6.41. The Hall–Kier alpha value is -1.88. The minimum absolute atomic E-state index is 0.000747. The Balaban J connectivity index is 2.77. The fourth-order valence-electron chi connectivity index (χ4n) is 1.75. The van der Waals surface area contributed by atoms with Gasteiger partial charge in [-0.15, -0.1) is 0 Å². The second-order valence-electron chi connectivity index (χ2n) is 6.41. The first-order chi connectivity index (χ1) is 9.61. The average Bonchev–Trinajstić information content (AvgIpc) is 2.36. The van der Waals surface area contributed by atoms with Crippen molar-refractivity contribution >= 4 is 17.5 Å². The Kier molecular flexibility index (Phi) is 5.49. The highest BCUT2D eigenvalue weighted by molar-refractivity contribution is 5.95. The van der Waals surface area contributed by atoms with E-state index >= 15 is 0 Å². The third-order valence-corrected chi connectivity index (χ3v) is 3.37. The Labute approximate surface area is 126 Å². The van der Waals surface area contributed by atoms with E-state index in [9.17, 15) is 9.59 Å². The van der Waals surface area contributed by atoms with Gasteiger partial charge in [0, 0.05) is 26.2 Å². The Bertz CT molecular complexity index is 520. The van der Waals surface area contributed by atoms with Gasteiger partial charge in [0.1, 0.15) is 0 Å². The van der Waals surface area contributed by atoms with Crippen LogP contribution in [0.5, 0.6) is 0 Å². The lowest BCUT2D eigenvalue weighted by molar-refractivity contribution is -0.128. The van der Waals surface area contributed by atoms with Crippen molar-refractivity contribution in [2.75, 3.05) is 12.4 Å². The molecule has 0 aliphatic rings. The van der Waals surface area contributed by atoms with Crippen LogP contribution in [0.25, 0.3) is 0 Å². The monoisotopic (exact) mass is 291 g/mol. The molecule has 1 aromatic carbocycles. The van der Waals surface area contributed by atoms with Crippen molar-refractivity contribution in [1.82, 2.24) is 4.90 Å².